The molecule has 0 fully saturated rings. The van der Waals surface area contributed by atoms with Gasteiger partial charge in [-0.2, -0.15) is 11.3 Å². The lowest BCUT2D eigenvalue weighted by atomic mass is 9.95. The van der Waals surface area contributed by atoms with Crippen molar-refractivity contribution < 1.29 is 4.39 Å². The van der Waals surface area contributed by atoms with E-state index in [0.29, 0.717) is 5.92 Å². The average molecular weight is 234 g/mol. The van der Waals surface area contributed by atoms with Gasteiger partial charge in [-0.05, 0) is 58.0 Å². The summed E-state index contributed by atoms with van der Waals surface area (Å²) in [6, 6.07) is 7.14. The van der Waals surface area contributed by atoms with Crippen molar-refractivity contribution >= 4 is 11.3 Å². The van der Waals surface area contributed by atoms with Crippen LogP contribution in [0.2, 0.25) is 0 Å². The van der Waals surface area contributed by atoms with Gasteiger partial charge in [0.05, 0.1) is 0 Å². The average Bonchev–Trinajstić information content (AvgIpc) is 2.73. The maximum atomic E-state index is 13.3. The van der Waals surface area contributed by atoms with Crippen molar-refractivity contribution in [3.63, 3.8) is 0 Å². The third-order valence-electron chi connectivity index (χ3n) is 2.53. The lowest BCUT2D eigenvalue weighted by molar-refractivity contribution is 0.621. The highest BCUT2D eigenvalue weighted by atomic mass is 32.1. The first-order chi connectivity index (χ1) is 7.66. The van der Waals surface area contributed by atoms with E-state index in [4.69, 9.17) is 0 Å². The molecule has 1 aromatic carbocycles. The number of halogens is 1. The molecule has 0 amide bonds. The number of thiophene rings is 1. The molecule has 0 saturated carbocycles. The zero-order chi connectivity index (χ0) is 11.5. The van der Waals surface area contributed by atoms with Gasteiger partial charge in [-0.1, -0.05) is 19.9 Å². The summed E-state index contributed by atoms with van der Waals surface area (Å²) in [5.41, 5.74) is 3.39. The monoisotopic (exact) mass is 234 g/mol. The molecule has 0 bridgehead atoms. The van der Waals surface area contributed by atoms with Gasteiger partial charge in [0.25, 0.3) is 0 Å². The Kier molecular flexibility index (Phi) is 3.39. The third kappa shape index (κ3) is 2.50. The van der Waals surface area contributed by atoms with Gasteiger partial charge in [-0.25, -0.2) is 4.39 Å². The third-order valence-corrected chi connectivity index (χ3v) is 3.22. The Morgan fingerprint density at radius 2 is 2.06 bits per heavy atom. The number of hydrogen-bond acceptors (Lipinski definition) is 1. The maximum absolute atomic E-state index is 13.3. The van der Waals surface area contributed by atoms with E-state index in [-0.39, 0.29) is 5.82 Å². The highest BCUT2D eigenvalue weighted by Crippen LogP contribution is 2.28. The summed E-state index contributed by atoms with van der Waals surface area (Å²) >= 11 is 1.65. The molecule has 0 aliphatic rings. The molecule has 2 aromatic rings. The van der Waals surface area contributed by atoms with E-state index in [2.05, 4.69) is 19.2 Å². The van der Waals surface area contributed by atoms with Crippen LogP contribution in [-0.4, -0.2) is 0 Å². The van der Waals surface area contributed by atoms with Gasteiger partial charge in [0.2, 0.25) is 0 Å². The first-order valence-corrected chi connectivity index (χ1v) is 6.42. The van der Waals surface area contributed by atoms with Crippen LogP contribution >= 0.6 is 11.3 Å². The second kappa shape index (κ2) is 4.79. The summed E-state index contributed by atoms with van der Waals surface area (Å²) in [5.74, 6) is 0.427. The van der Waals surface area contributed by atoms with Gasteiger partial charge in [-0.3, -0.25) is 0 Å². The van der Waals surface area contributed by atoms with Gasteiger partial charge in [-0.15, -0.1) is 0 Å². The SMILES string of the molecule is CC(C)Cc1ccc(F)cc1-c1ccsc1. The molecule has 1 heterocycles. The molecule has 0 nitrogen and oxygen atoms in total. The second-order valence-corrected chi connectivity index (χ2v) is 5.19. The minimum absolute atomic E-state index is 0.159. The van der Waals surface area contributed by atoms with Gasteiger partial charge in [0.15, 0.2) is 0 Å². The number of benzene rings is 1. The van der Waals surface area contributed by atoms with Crippen LogP contribution in [0.4, 0.5) is 4.39 Å². The van der Waals surface area contributed by atoms with Crippen LogP contribution in [0.15, 0.2) is 35.0 Å². The minimum Gasteiger partial charge on any atom is -0.207 e. The molecule has 0 saturated heterocycles. The molecule has 0 atom stereocenters. The Hall–Kier alpha value is -1.15. The molecule has 0 radical (unpaired) electrons. The van der Waals surface area contributed by atoms with Crippen LogP contribution in [0.3, 0.4) is 0 Å². The molecule has 16 heavy (non-hydrogen) atoms. The van der Waals surface area contributed by atoms with Crippen LogP contribution < -0.4 is 0 Å². The molecule has 1 aromatic heterocycles. The van der Waals surface area contributed by atoms with E-state index >= 15 is 0 Å². The second-order valence-electron chi connectivity index (χ2n) is 4.41. The molecule has 0 unspecified atom stereocenters. The molecule has 2 rings (SSSR count). The highest BCUT2D eigenvalue weighted by molar-refractivity contribution is 7.08. The molecular weight excluding hydrogens is 219 g/mol. The molecule has 0 N–H and O–H groups in total. The molecule has 2 heteroatoms. The van der Waals surface area contributed by atoms with E-state index in [9.17, 15) is 4.39 Å². The van der Waals surface area contributed by atoms with Crippen LogP contribution in [-0.2, 0) is 6.42 Å². The molecular formula is C14H15FS. The summed E-state index contributed by atoms with van der Waals surface area (Å²) in [6.45, 7) is 4.36. The Morgan fingerprint density at radius 1 is 1.25 bits per heavy atom. The van der Waals surface area contributed by atoms with Crippen molar-refractivity contribution in [3.8, 4) is 11.1 Å². The summed E-state index contributed by atoms with van der Waals surface area (Å²) in [4.78, 5) is 0. The fraction of sp³-hybridized carbons (Fsp3) is 0.286. The Balaban J connectivity index is 2.45. The molecule has 84 valence electrons. The normalized spacial score (nSPS) is 11.0. The lowest BCUT2D eigenvalue weighted by Gasteiger charge is -2.10. The zero-order valence-corrected chi connectivity index (χ0v) is 10.4. The predicted octanol–water partition coefficient (Wildman–Crippen LogP) is 4.75. The Morgan fingerprint density at radius 3 is 2.69 bits per heavy atom. The predicted molar refractivity (Wildman–Crippen MR) is 68.3 cm³/mol. The van der Waals surface area contributed by atoms with Crippen LogP contribution in [0, 0.1) is 11.7 Å². The van der Waals surface area contributed by atoms with Crippen LogP contribution in [0.25, 0.3) is 11.1 Å². The number of hydrogen-bond donors (Lipinski definition) is 0. The van der Waals surface area contributed by atoms with Crippen molar-refractivity contribution in [2.75, 3.05) is 0 Å². The first kappa shape index (κ1) is 11.3. The minimum atomic E-state index is -0.159. The zero-order valence-electron chi connectivity index (χ0n) is 9.53. The molecule has 0 aliphatic heterocycles. The van der Waals surface area contributed by atoms with Gasteiger partial charge in [0, 0.05) is 0 Å². The lowest BCUT2D eigenvalue weighted by Crippen LogP contribution is -1.97. The van der Waals surface area contributed by atoms with Crippen LogP contribution in [0.5, 0.6) is 0 Å². The van der Waals surface area contributed by atoms with E-state index in [0.717, 1.165) is 17.5 Å². The smallest absolute Gasteiger partial charge is 0.123 e. The van der Waals surface area contributed by atoms with E-state index in [1.165, 1.54) is 5.56 Å². The van der Waals surface area contributed by atoms with Crippen molar-refractivity contribution in [1.82, 2.24) is 0 Å². The Bertz CT molecular complexity index is 458. The molecule has 0 spiro atoms. The van der Waals surface area contributed by atoms with Crippen molar-refractivity contribution in [2.24, 2.45) is 5.92 Å². The topological polar surface area (TPSA) is 0 Å². The van der Waals surface area contributed by atoms with Gasteiger partial charge >= 0.3 is 0 Å². The summed E-state index contributed by atoms with van der Waals surface area (Å²) in [6.07, 6.45) is 0.992. The van der Waals surface area contributed by atoms with Gasteiger partial charge in [0.1, 0.15) is 5.82 Å². The number of rotatable bonds is 3. The van der Waals surface area contributed by atoms with E-state index < -0.39 is 0 Å². The van der Waals surface area contributed by atoms with Crippen molar-refractivity contribution in [2.45, 2.75) is 20.3 Å². The fourth-order valence-corrected chi connectivity index (χ4v) is 2.51. The first-order valence-electron chi connectivity index (χ1n) is 5.48. The van der Waals surface area contributed by atoms with Gasteiger partial charge < -0.3 is 0 Å². The summed E-state index contributed by atoms with van der Waals surface area (Å²) in [7, 11) is 0. The largest absolute Gasteiger partial charge is 0.207 e. The molecule has 0 aliphatic carbocycles. The Labute approximate surface area is 99.8 Å². The van der Waals surface area contributed by atoms with Crippen LogP contribution in [0.1, 0.15) is 19.4 Å². The maximum Gasteiger partial charge on any atom is 0.123 e. The van der Waals surface area contributed by atoms with Crippen molar-refractivity contribution in [1.29, 1.82) is 0 Å². The standard InChI is InChI=1S/C14H15FS/c1-10(2)7-11-3-4-13(15)8-14(11)12-5-6-16-9-12/h3-6,8-10H,7H2,1-2H3. The van der Waals surface area contributed by atoms with E-state index in [1.807, 2.05) is 17.5 Å². The van der Waals surface area contributed by atoms with Crippen molar-refractivity contribution in [3.05, 3.63) is 46.4 Å². The summed E-state index contributed by atoms with van der Waals surface area (Å²) < 4.78 is 13.3. The quantitative estimate of drug-likeness (QED) is 0.718. The highest BCUT2D eigenvalue weighted by Gasteiger charge is 2.08. The fourth-order valence-electron chi connectivity index (χ4n) is 1.85. The summed E-state index contributed by atoms with van der Waals surface area (Å²) in [5, 5.41) is 4.10. The van der Waals surface area contributed by atoms with E-state index in [1.54, 1.807) is 23.5 Å².